The summed E-state index contributed by atoms with van der Waals surface area (Å²) in [4.78, 5) is 16.9. The van der Waals surface area contributed by atoms with Crippen molar-refractivity contribution in [1.82, 2.24) is 4.90 Å². The normalized spacial score (nSPS) is 10.6. The highest BCUT2D eigenvalue weighted by Gasteiger charge is 2.15. The lowest BCUT2D eigenvalue weighted by molar-refractivity contribution is 0.0869. The molecule has 94 valence electrons. The van der Waals surface area contributed by atoms with Crippen molar-refractivity contribution in [2.45, 2.75) is 6.92 Å². The first-order chi connectivity index (χ1) is 8.51. The minimum atomic E-state index is -0.458. The van der Waals surface area contributed by atoms with E-state index >= 15 is 0 Å². The molecule has 1 rings (SSSR count). The van der Waals surface area contributed by atoms with E-state index in [0.29, 0.717) is 5.56 Å². The van der Waals surface area contributed by atoms with Crippen LogP contribution in [-0.4, -0.2) is 30.9 Å². The molecule has 0 saturated heterocycles. The molecule has 2 N–H and O–H groups in total. The van der Waals surface area contributed by atoms with E-state index in [1.54, 1.807) is 6.92 Å². The van der Waals surface area contributed by atoms with Crippen LogP contribution in [0, 0.1) is 17.7 Å². The summed E-state index contributed by atoms with van der Waals surface area (Å²) in [5.41, 5.74) is 6.03. The number of benzene rings is 1. The number of aliphatic imine (C=N–C) groups is 1. The molecule has 0 heterocycles. The summed E-state index contributed by atoms with van der Waals surface area (Å²) < 4.78 is 13.4. The lowest BCUT2D eigenvalue weighted by Crippen LogP contribution is -2.38. The van der Waals surface area contributed by atoms with Gasteiger partial charge in [0.1, 0.15) is 5.82 Å². The van der Waals surface area contributed by atoms with Crippen molar-refractivity contribution in [2.24, 2.45) is 10.7 Å². The number of halogens is 1. The summed E-state index contributed by atoms with van der Waals surface area (Å²) in [6.45, 7) is 1.60. The second kappa shape index (κ2) is 5.82. The van der Waals surface area contributed by atoms with Crippen LogP contribution in [0.3, 0.4) is 0 Å². The van der Waals surface area contributed by atoms with Crippen molar-refractivity contribution < 1.29 is 9.18 Å². The average Bonchev–Trinajstić information content (AvgIpc) is 2.39. The van der Waals surface area contributed by atoms with Crippen LogP contribution in [0.1, 0.15) is 22.8 Å². The van der Waals surface area contributed by atoms with Crippen molar-refractivity contribution in [3.63, 3.8) is 0 Å². The monoisotopic (exact) mass is 247 g/mol. The van der Waals surface area contributed by atoms with E-state index < -0.39 is 5.82 Å². The molecule has 0 saturated carbocycles. The van der Waals surface area contributed by atoms with Crippen molar-refractivity contribution >= 4 is 11.9 Å². The predicted molar refractivity (Wildman–Crippen MR) is 68.6 cm³/mol. The Morgan fingerprint density at radius 1 is 1.50 bits per heavy atom. The van der Waals surface area contributed by atoms with E-state index in [1.807, 2.05) is 0 Å². The molecule has 0 unspecified atom stereocenters. The van der Waals surface area contributed by atoms with Crippen LogP contribution >= 0.6 is 0 Å². The Hall–Kier alpha value is -2.35. The van der Waals surface area contributed by atoms with Crippen molar-refractivity contribution in [2.75, 3.05) is 14.1 Å². The standard InChI is InChI=1S/C13H14FN3O/c1-4-5-9-8-10(6-7-11(9)14)12(18)17(3)13(15)16-2/h6-8H,1-3H3,(H2,15,16). The van der Waals surface area contributed by atoms with Gasteiger partial charge in [0.25, 0.3) is 5.91 Å². The van der Waals surface area contributed by atoms with Gasteiger partial charge in [-0.1, -0.05) is 5.92 Å². The molecule has 0 bridgehead atoms. The average molecular weight is 247 g/mol. The number of nitrogens with two attached hydrogens (primary N) is 1. The molecule has 4 nitrogen and oxygen atoms in total. The maximum absolute atomic E-state index is 13.4. The number of carbonyl (C=O) groups is 1. The summed E-state index contributed by atoms with van der Waals surface area (Å²) in [7, 11) is 2.98. The highest BCUT2D eigenvalue weighted by atomic mass is 19.1. The van der Waals surface area contributed by atoms with Gasteiger partial charge >= 0.3 is 0 Å². The number of hydrogen-bond donors (Lipinski definition) is 1. The molecule has 1 aromatic rings. The van der Waals surface area contributed by atoms with Gasteiger partial charge in [0.15, 0.2) is 5.96 Å². The minimum Gasteiger partial charge on any atom is -0.369 e. The fraction of sp³-hybridized carbons (Fsp3) is 0.231. The highest BCUT2D eigenvalue weighted by Crippen LogP contribution is 2.11. The fourth-order valence-electron chi connectivity index (χ4n) is 1.34. The number of hydrogen-bond acceptors (Lipinski definition) is 2. The molecule has 0 spiro atoms. The topological polar surface area (TPSA) is 58.7 Å². The molecule has 1 amide bonds. The SMILES string of the molecule is CC#Cc1cc(C(=O)N(C)C(N)=NC)ccc1F. The van der Waals surface area contributed by atoms with Crippen LogP contribution in [-0.2, 0) is 0 Å². The van der Waals surface area contributed by atoms with Crippen LogP contribution in [0.25, 0.3) is 0 Å². The number of nitrogens with zero attached hydrogens (tertiary/aromatic N) is 2. The first kappa shape index (κ1) is 13.7. The molecule has 0 aliphatic rings. The van der Waals surface area contributed by atoms with E-state index in [9.17, 15) is 9.18 Å². The summed E-state index contributed by atoms with van der Waals surface area (Å²) in [5, 5.41) is 0. The van der Waals surface area contributed by atoms with Gasteiger partial charge in [-0.05, 0) is 25.1 Å². The summed E-state index contributed by atoms with van der Waals surface area (Å²) in [5.74, 6) is 4.46. The van der Waals surface area contributed by atoms with Crippen LogP contribution in [0.5, 0.6) is 0 Å². The molecule has 0 aliphatic heterocycles. The molecule has 0 aliphatic carbocycles. The molecule has 1 aromatic carbocycles. The summed E-state index contributed by atoms with van der Waals surface area (Å²) >= 11 is 0. The van der Waals surface area contributed by atoms with Gasteiger partial charge in [-0.2, -0.15) is 0 Å². The Labute approximate surface area is 105 Å². The number of rotatable bonds is 1. The van der Waals surface area contributed by atoms with E-state index in [2.05, 4.69) is 16.8 Å². The Morgan fingerprint density at radius 2 is 2.17 bits per heavy atom. The van der Waals surface area contributed by atoms with Gasteiger partial charge in [-0.15, -0.1) is 5.92 Å². The Balaban J connectivity index is 3.14. The third kappa shape index (κ3) is 2.86. The molecular weight excluding hydrogens is 233 g/mol. The molecular formula is C13H14FN3O. The smallest absolute Gasteiger partial charge is 0.260 e. The van der Waals surface area contributed by atoms with Crippen molar-refractivity contribution in [3.8, 4) is 11.8 Å². The third-order valence-electron chi connectivity index (χ3n) is 2.35. The van der Waals surface area contributed by atoms with Gasteiger partial charge in [0.2, 0.25) is 0 Å². The van der Waals surface area contributed by atoms with E-state index in [0.717, 1.165) is 0 Å². The number of guanidine groups is 1. The van der Waals surface area contributed by atoms with Crippen LogP contribution in [0.15, 0.2) is 23.2 Å². The summed E-state index contributed by atoms with van der Waals surface area (Å²) in [6, 6.07) is 3.99. The molecule has 18 heavy (non-hydrogen) atoms. The molecule has 5 heteroatoms. The molecule has 0 fully saturated rings. The van der Waals surface area contributed by atoms with Gasteiger partial charge in [-0.25, -0.2) is 4.39 Å². The van der Waals surface area contributed by atoms with Crippen molar-refractivity contribution in [3.05, 3.63) is 35.1 Å². The van der Waals surface area contributed by atoms with Gasteiger partial charge < -0.3 is 5.73 Å². The maximum Gasteiger partial charge on any atom is 0.260 e. The Morgan fingerprint density at radius 3 is 2.72 bits per heavy atom. The van der Waals surface area contributed by atoms with Gasteiger partial charge in [-0.3, -0.25) is 14.7 Å². The zero-order valence-corrected chi connectivity index (χ0v) is 10.5. The zero-order chi connectivity index (χ0) is 13.7. The second-order valence-corrected chi connectivity index (χ2v) is 3.52. The van der Waals surface area contributed by atoms with E-state index in [1.165, 1.54) is 37.2 Å². The summed E-state index contributed by atoms with van der Waals surface area (Å²) in [6.07, 6.45) is 0. The first-order valence-corrected chi connectivity index (χ1v) is 5.24. The Kier molecular flexibility index (Phi) is 4.44. The lowest BCUT2D eigenvalue weighted by atomic mass is 10.1. The Bertz CT molecular complexity index is 555. The predicted octanol–water partition coefficient (Wildman–Crippen LogP) is 1.21. The first-order valence-electron chi connectivity index (χ1n) is 5.24. The van der Waals surface area contributed by atoms with Crippen molar-refractivity contribution in [1.29, 1.82) is 0 Å². The van der Waals surface area contributed by atoms with E-state index in [-0.39, 0.29) is 17.4 Å². The zero-order valence-electron chi connectivity index (χ0n) is 10.5. The van der Waals surface area contributed by atoms with Crippen LogP contribution in [0.2, 0.25) is 0 Å². The minimum absolute atomic E-state index is 0.0902. The van der Waals surface area contributed by atoms with E-state index in [4.69, 9.17) is 5.73 Å². The highest BCUT2D eigenvalue weighted by molar-refractivity contribution is 6.05. The number of amides is 1. The largest absolute Gasteiger partial charge is 0.369 e. The van der Waals surface area contributed by atoms with Crippen LogP contribution < -0.4 is 5.73 Å². The lowest BCUT2D eigenvalue weighted by Gasteiger charge is -2.15. The third-order valence-corrected chi connectivity index (χ3v) is 2.35. The fourth-order valence-corrected chi connectivity index (χ4v) is 1.34. The molecule has 0 atom stereocenters. The quantitative estimate of drug-likeness (QED) is 0.461. The maximum atomic E-state index is 13.4. The molecule has 0 radical (unpaired) electrons. The van der Waals surface area contributed by atoms with Gasteiger partial charge in [0.05, 0.1) is 5.56 Å². The molecule has 0 aromatic heterocycles. The van der Waals surface area contributed by atoms with Gasteiger partial charge in [0, 0.05) is 19.7 Å². The second-order valence-electron chi connectivity index (χ2n) is 3.52. The number of carbonyl (C=O) groups excluding carboxylic acids is 1. The van der Waals surface area contributed by atoms with Crippen LogP contribution in [0.4, 0.5) is 4.39 Å².